The van der Waals surface area contributed by atoms with E-state index < -0.39 is 51.1 Å². The summed E-state index contributed by atoms with van der Waals surface area (Å²) in [7, 11) is -3.28. The lowest BCUT2D eigenvalue weighted by Gasteiger charge is -2.27. The monoisotopic (exact) mass is 815 g/mol. The summed E-state index contributed by atoms with van der Waals surface area (Å²) in [6.45, 7) is 1.74. The molecule has 4 rings (SSSR count). The van der Waals surface area contributed by atoms with E-state index in [1.807, 2.05) is 6.07 Å². The van der Waals surface area contributed by atoms with Crippen molar-refractivity contribution >= 4 is 25.4 Å². The Balaban J connectivity index is 1.20. The van der Waals surface area contributed by atoms with Gasteiger partial charge >= 0.3 is 7.82 Å². The van der Waals surface area contributed by atoms with Crippen molar-refractivity contribution < 1.29 is 42.9 Å². The third-order valence-corrected chi connectivity index (χ3v) is 11.1. The Kier molecular flexibility index (Phi) is 19.8. The van der Waals surface area contributed by atoms with E-state index in [0.29, 0.717) is 23.4 Å². The van der Waals surface area contributed by atoms with Crippen molar-refractivity contribution in [1.29, 1.82) is 5.26 Å². The number of fused-ring (bicyclic) bond motifs is 1. The highest BCUT2D eigenvalue weighted by Crippen LogP contribution is 2.46. The van der Waals surface area contributed by atoms with Gasteiger partial charge in [-0.1, -0.05) is 103 Å². The molecule has 3 aromatic heterocycles. The molecule has 16 nitrogen and oxygen atoms in total. The van der Waals surface area contributed by atoms with E-state index in [2.05, 4.69) is 27.0 Å². The molecule has 316 valence electrons. The summed E-state index contributed by atoms with van der Waals surface area (Å²) in [6, 6.07) is 8.29. The lowest BCUT2D eigenvalue weighted by atomic mass is 9.92. The largest absolute Gasteiger partial charge is 0.472 e. The number of aliphatic imine (C=N–C) groups is 1. The number of nitriles is 1. The topological polar surface area (TPSA) is 229 Å². The van der Waals surface area contributed by atoms with E-state index in [9.17, 15) is 19.7 Å². The minimum Gasteiger partial charge on any atom is -0.469 e. The highest BCUT2D eigenvalue weighted by Gasteiger charge is 2.56. The Morgan fingerprint density at radius 2 is 1.61 bits per heavy atom. The SMILES string of the molecule is CCCCCCCCCCCCCCCCCCOC[C@H](COP(=O)(O)OC[C@H]1O[C@@](/C=N\C)(c2ccc3c(N)ncnn23)[C@H](O)[C@@H]1O)Oc1ccc(C#N)cn1. The maximum atomic E-state index is 13.1. The van der Waals surface area contributed by atoms with Crippen molar-refractivity contribution in [3.63, 3.8) is 0 Å². The molecular formula is C40H62N7O9P. The molecule has 17 heteroatoms. The molecule has 6 atom stereocenters. The quantitative estimate of drug-likeness (QED) is 0.0335. The number of aliphatic hydroxyl groups excluding tert-OH is 2. The van der Waals surface area contributed by atoms with E-state index in [-0.39, 0.29) is 18.3 Å². The molecule has 0 bridgehead atoms. The number of aromatic nitrogens is 4. The van der Waals surface area contributed by atoms with Gasteiger partial charge in [-0.2, -0.15) is 10.4 Å². The summed E-state index contributed by atoms with van der Waals surface area (Å²) in [5.74, 6) is 0.367. The van der Waals surface area contributed by atoms with E-state index in [4.69, 9.17) is 34.3 Å². The zero-order valence-electron chi connectivity index (χ0n) is 33.5. The van der Waals surface area contributed by atoms with Crippen molar-refractivity contribution in [2.45, 2.75) is 140 Å². The second-order valence-electron chi connectivity index (χ2n) is 14.6. The first-order chi connectivity index (χ1) is 27.6. The predicted molar refractivity (Wildman–Crippen MR) is 216 cm³/mol. The Morgan fingerprint density at radius 1 is 0.965 bits per heavy atom. The van der Waals surface area contributed by atoms with Crippen LogP contribution in [0.25, 0.3) is 5.52 Å². The molecule has 0 radical (unpaired) electrons. The average Bonchev–Trinajstić information content (AvgIpc) is 3.75. The van der Waals surface area contributed by atoms with Gasteiger partial charge in [0.1, 0.15) is 42.3 Å². The number of nitrogens with zero attached hydrogens (tertiary/aromatic N) is 6. The molecule has 5 N–H and O–H groups in total. The van der Waals surface area contributed by atoms with Gasteiger partial charge in [-0.3, -0.25) is 14.0 Å². The molecule has 0 aromatic carbocycles. The Bertz CT molecular complexity index is 1720. The zero-order chi connectivity index (χ0) is 40.9. The van der Waals surface area contributed by atoms with Crippen molar-refractivity contribution in [2.75, 3.05) is 39.2 Å². The molecule has 1 aliphatic rings. The third-order valence-electron chi connectivity index (χ3n) is 10.1. The molecule has 1 aliphatic heterocycles. The molecule has 0 saturated carbocycles. The van der Waals surface area contributed by atoms with Crippen LogP contribution in [0.3, 0.4) is 0 Å². The molecular weight excluding hydrogens is 753 g/mol. The smallest absolute Gasteiger partial charge is 0.469 e. The summed E-state index contributed by atoms with van der Waals surface area (Å²) in [6.07, 6.45) is 19.0. The van der Waals surface area contributed by atoms with E-state index in [1.165, 1.54) is 120 Å². The second kappa shape index (κ2) is 24.4. The van der Waals surface area contributed by atoms with Crippen LogP contribution in [0, 0.1) is 11.3 Å². The molecule has 1 saturated heterocycles. The number of hydrogen-bond acceptors (Lipinski definition) is 14. The van der Waals surface area contributed by atoms with Gasteiger partial charge in [-0.05, 0) is 24.6 Å². The van der Waals surface area contributed by atoms with Crippen LogP contribution in [0.15, 0.2) is 41.8 Å². The molecule has 3 aromatic rings. The summed E-state index contributed by atoms with van der Waals surface area (Å²) < 4.78 is 42.9. The van der Waals surface area contributed by atoms with Crippen molar-refractivity contribution in [1.82, 2.24) is 19.6 Å². The maximum absolute atomic E-state index is 13.1. The molecule has 57 heavy (non-hydrogen) atoms. The Labute approximate surface area is 336 Å². The van der Waals surface area contributed by atoms with Crippen LogP contribution in [-0.2, 0) is 28.7 Å². The summed E-state index contributed by atoms with van der Waals surface area (Å²) in [4.78, 5) is 22.8. The van der Waals surface area contributed by atoms with Crippen LogP contribution in [0.1, 0.15) is 121 Å². The molecule has 0 aliphatic carbocycles. The third kappa shape index (κ3) is 14.4. The van der Waals surface area contributed by atoms with Crippen molar-refractivity contribution in [3.8, 4) is 11.9 Å². The van der Waals surface area contributed by atoms with Crippen LogP contribution < -0.4 is 10.5 Å². The lowest BCUT2D eigenvalue weighted by molar-refractivity contribution is -0.0551. The predicted octanol–water partition coefficient (Wildman–Crippen LogP) is 6.45. The minimum absolute atomic E-state index is 0.0370. The number of nitrogen functional groups attached to an aromatic ring is 1. The second-order valence-corrected chi connectivity index (χ2v) is 16.1. The Hall–Kier alpha value is -3.52. The Morgan fingerprint density at radius 3 is 2.21 bits per heavy atom. The maximum Gasteiger partial charge on any atom is 0.472 e. The highest BCUT2D eigenvalue weighted by molar-refractivity contribution is 7.47. The van der Waals surface area contributed by atoms with Crippen LogP contribution in [-0.4, -0.2) is 98.8 Å². The van der Waals surface area contributed by atoms with Gasteiger partial charge in [-0.25, -0.2) is 19.0 Å². The van der Waals surface area contributed by atoms with E-state index in [1.54, 1.807) is 18.2 Å². The van der Waals surface area contributed by atoms with Gasteiger partial charge in [0.05, 0.1) is 31.1 Å². The van der Waals surface area contributed by atoms with Gasteiger partial charge in [0.15, 0.2) is 11.4 Å². The number of unbranched alkanes of at least 4 members (excludes halogenated alkanes) is 15. The first-order valence-corrected chi connectivity index (χ1v) is 21.9. The normalized spacial score (nSPS) is 21.2. The van der Waals surface area contributed by atoms with Gasteiger partial charge < -0.3 is 35.1 Å². The molecule has 1 fully saturated rings. The fourth-order valence-corrected chi connectivity index (χ4v) is 7.72. The van der Waals surface area contributed by atoms with Crippen molar-refractivity contribution in [2.24, 2.45) is 4.99 Å². The van der Waals surface area contributed by atoms with Gasteiger partial charge in [0.25, 0.3) is 0 Å². The van der Waals surface area contributed by atoms with Gasteiger partial charge in [0.2, 0.25) is 5.88 Å². The standard InChI is InChI=1S/C40H62N7O9P/c1-3-4-5-6-7-8-9-10-11-12-13-14-15-16-17-18-23-52-26-32(55-36-22-19-31(24-41)25-44-36)27-53-57(50,51)54-28-34-37(48)38(49)40(56-34,29-43-2)35-21-20-33-39(42)45-30-46-47(33)35/h19-22,25,29-30,32,34,37-38,48-49H,3-18,23,26-28H2,1-2H3,(H,50,51)(H2,42,45,46)/b43-29-/t32-,34-,37-,38-,40+/m1/s1. The number of hydrogen-bond donors (Lipinski definition) is 4. The van der Waals surface area contributed by atoms with E-state index in [0.717, 1.165) is 19.3 Å². The van der Waals surface area contributed by atoms with Crippen LogP contribution in [0.5, 0.6) is 5.88 Å². The number of nitrogens with two attached hydrogens (primary N) is 1. The van der Waals surface area contributed by atoms with Gasteiger partial charge in [0, 0.05) is 32.1 Å². The number of phosphoric acid groups is 1. The summed E-state index contributed by atoms with van der Waals surface area (Å²) >= 11 is 0. The van der Waals surface area contributed by atoms with Crippen molar-refractivity contribution in [3.05, 3.63) is 48.0 Å². The van der Waals surface area contributed by atoms with Crippen LogP contribution in [0.2, 0.25) is 0 Å². The highest BCUT2D eigenvalue weighted by atomic mass is 31.2. The number of phosphoric ester groups is 1. The number of anilines is 1. The fourth-order valence-electron chi connectivity index (χ4n) is 6.96. The number of pyridine rings is 1. The van der Waals surface area contributed by atoms with Crippen LogP contribution >= 0.6 is 7.82 Å². The first kappa shape index (κ1) is 46.2. The van der Waals surface area contributed by atoms with Crippen LogP contribution in [0.4, 0.5) is 5.82 Å². The summed E-state index contributed by atoms with van der Waals surface area (Å²) in [5.41, 5.74) is 5.37. The lowest BCUT2D eigenvalue weighted by Crippen LogP contribution is -2.43. The zero-order valence-corrected chi connectivity index (χ0v) is 34.4. The van der Waals surface area contributed by atoms with E-state index >= 15 is 0 Å². The summed E-state index contributed by atoms with van der Waals surface area (Å²) in [5, 5.41) is 35.5. The number of ether oxygens (including phenoxy) is 3. The molecule has 4 heterocycles. The van der Waals surface area contributed by atoms with Gasteiger partial charge in [-0.15, -0.1) is 0 Å². The fraction of sp³-hybridized carbons (Fsp3) is 0.675. The molecule has 1 unspecified atom stereocenters. The molecule has 0 amide bonds. The first-order valence-electron chi connectivity index (χ1n) is 20.4. The number of rotatable bonds is 29. The number of aliphatic hydroxyl groups is 2. The minimum atomic E-state index is -4.75. The average molecular weight is 816 g/mol. The molecule has 0 spiro atoms.